The first-order valence-corrected chi connectivity index (χ1v) is 6.99. The molecule has 0 spiro atoms. The fourth-order valence-electron chi connectivity index (χ4n) is 3.02. The van der Waals surface area contributed by atoms with E-state index in [0.29, 0.717) is 5.54 Å². The van der Waals surface area contributed by atoms with E-state index < -0.39 is 0 Å². The quantitative estimate of drug-likeness (QED) is 0.876. The highest BCUT2D eigenvalue weighted by molar-refractivity contribution is 5.01. The van der Waals surface area contributed by atoms with Gasteiger partial charge in [0, 0.05) is 24.5 Å². The topological polar surface area (TPSA) is 41.1 Å². The van der Waals surface area contributed by atoms with Crippen molar-refractivity contribution in [3.05, 3.63) is 24.3 Å². The fourth-order valence-corrected chi connectivity index (χ4v) is 3.02. The minimum absolute atomic E-state index is 0.297. The van der Waals surface area contributed by atoms with Gasteiger partial charge in [0.25, 0.3) is 0 Å². The van der Waals surface area contributed by atoms with Crippen LogP contribution in [-0.2, 0) is 6.54 Å². The highest BCUT2D eigenvalue weighted by Gasteiger charge is 2.42. The number of aromatic nitrogens is 2. The van der Waals surface area contributed by atoms with Crippen molar-refractivity contribution in [1.29, 1.82) is 0 Å². The molecule has 18 heavy (non-hydrogen) atoms. The molecule has 1 unspecified atom stereocenters. The van der Waals surface area contributed by atoms with Crippen molar-refractivity contribution < 1.29 is 0 Å². The van der Waals surface area contributed by atoms with Gasteiger partial charge in [-0.05, 0) is 51.3 Å². The highest BCUT2D eigenvalue weighted by Crippen LogP contribution is 2.40. The summed E-state index contributed by atoms with van der Waals surface area (Å²) in [5.41, 5.74) is 0.297. The zero-order chi connectivity index (χ0) is 12.4. The van der Waals surface area contributed by atoms with E-state index >= 15 is 0 Å². The zero-order valence-electron chi connectivity index (χ0n) is 11.1. The summed E-state index contributed by atoms with van der Waals surface area (Å²) in [6, 6.07) is 1.88. The van der Waals surface area contributed by atoms with Crippen LogP contribution in [-0.4, -0.2) is 40.0 Å². The molecule has 1 aromatic rings. The molecule has 1 aliphatic heterocycles. The summed E-state index contributed by atoms with van der Waals surface area (Å²) in [6.45, 7) is 6.67. The molecule has 4 nitrogen and oxygen atoms in total. The van der Waals surface area contributed by atoms with Crippen LogP contribution in [0, 0.1) is 5.92 Å². The Morgan fingerprint density at radius 3 is 2.89 bits per heavy atom. The monoisotopic (exact) mass is 246 g/mol. The van der Waals surface area contributed by atoms with Gasteiger partial charge in [-0.25, -0.2) is 9.97 Å². The Morgan fingerprint density at radius 1 is 1.39 bits per heavy atom. The van der Waals surface area contributed by atoms with Crippen molar-refractivity contribution in [3.63, 3.8) is 0 Å². The number of rotatable bonds is 3. The van der Waals surface area contributed by atoms with Crippen LogP contribution in [0.1, 0.15) is 32.0 Å². The van der Waals surface area contributed by atoms with Crippen molar-refractivity contribution in [3.8, 4) is 0 Å². The second kappa shape index (κ2) is 4.94. The van der Waals surface area contributed by atoms with Crippen molar-refractivity contribution >= 4 is 0 Å². The van der Waals surface area contributed by atoms with Gasteiger partial charge in [0.1, 0.15) is 5.82 Å². The molecule has 1 N–H and O–H groups in total. The van der Waals surface area contributed by atoms with E-state index in [2.05, 4.69) is 27.1 Å². The Labute approximate surface area is 109 Å². The molecule has 1 saturated carbocycles. The molecule has 0 bridgehead atoms. The minimum atomic E-state index is 0.297. The fraction of sp³-hybridized carbons (Fsp3) is 0.714. The van der Waals surface area contributed by atoms with E-state index in [1.807, 2.05) is 18.5 Å². The van der Waals surface area contributed by atoms with Crippen LogP contribution in [0.5, 0.6) is 0 Å². The molecular weight excluding hydrogens is 224 g/mol. The summed E-state index contributed by atoms with van der Waals surface area (Å²) in [7, 11) is 0. The second-order valence-corrected chi connectivity index (χ2v) is 5.85. The van der Waals surface area contributed by atoms with E-state index in [0.717, 1.165) is 37.9 Å². The summed E-state index contributed by atoms with van der Waals surface area (Å²) in [5, 5.41) is 3.75. The van der Waals surface area contributed by atoms with Crippen LogP contribution >= 0.6 is 0 Å². The molecule has 4 heteroatoms. The summed E-state index contributed by atoms with van der Waals surface area (Å²) in [6.07, 6.45) is 7.66. The number of hydrogen-bond donors (Lipinski definition) is 1. The molecule has 0 aromatic carbocycles. The van der Waals surface area contributed by atoms with Gasteiger partial charge in [-0.3, -0.25) is 4.90 Å². The lowest BCUT2D eigenvalue weighted by molar-refractivity contribution is 0.191. The first-order chi connectivity index (χ1) is 8.76. The maximum absolute atomic E-state index is 4.34. The Morgan fingerprint density at radius 2 is 2.17 bits per heavy atom. The maximum atomic E-state index is 4.34. The third-order valence-electron chi connectivity index (χ3n) is 4.19. The lowest BCUT2D eigenvalue weighted by atomic mass is 9.95. The average Bonchev–Trinajstić information content (AvgIpc) is 3.19. The third kappa shape index (κ3) is 2.70. The summed E-state index contributed by atoms with van der Waals surface area (Å²) in [4.78, 5) is 11.2. The Kier molecular flexibility index (Phi) is 3.31. The van der Waals surface area contributed by atoms with Crippen molar-refractivity contribution in [2.45, 2.75) is 38.3 Å². The van der Waals surface area contributed by atoms with Crippen LogP contribution in [0.15, 0.2) is 18.5 Å². The maximum Gasteiger partial charge on any atom is 0.142 e. The molecule has 2 fully saturated rings. The smallest absolute Gasteiger partial charge is 0.142 e. The molecule has 0 amide bonds. The lowest BCUT2D eigenvalue weighted by Gasteiger charge is -2.33. The van der Waals surface area contributed by atoms with Crippen LogP contribution in [0.2, 0.25) is 0 Å². The summed E-state index contributed by atoms with van der Waals surface area (Å²) < 4.78 is 0. The SMILES string of the molecule is CC1(C2CC2)CN(Cc2ncccn2)CCCN1. The van der Waals surface area contributed by atoms with Crippen LogP contribution in [0.4, 0.5) is 0 Å². The van der Waals surface area contributed by atoms with Gasteiger partial charge in [-0.2, -0.15) is 0 Å². The predicted octanol–water partition coefficient (Wildman–Crippen LogP) is 1.44. The van der Waals surface area contributed by atoms with Gasteiger partial charge in [-0.1, -0.05) is 0 Å². The number of hydrogen-bond acceptors (Lipinski definition) is 4. The Bertz CT molecular complexity index is 390. The van der Waals surface area contributed by atoms with E-state index in [1.54, 1.807) is 0 Å². The molecule has 2 heterocycles. The van der Waals surface area contributed by atoms with E-state index in [-0.39, 0.29) is 0 Å². The first kappa shape index (κ1) is 12.1. The molecular formula is C14H22N4. The molecule has 1 aromatic heterocycles. The van der Waals surface area contributed by atoms with Crippen LogP contribution < -0.4 is 5.32 Å². The van der Waals surface area contributed by atoms with Crippen molar-refractivity contribution in [1.82, 2.24) is 20.2 Å². The zero-order valence-corrected chi connectivity index (χ0v) is 11.1. The Hall–Kier alpha value is -1.00. The van der Waals surface area contributed by atoms with Gasteiger partial charge in [0.2, 0.25) is 0 Å². The van der Waals surface area contributed by atoms with Gasteiger partial charge >= 0.3 is 0 Å². The van der Waals surface area contributed by atoms with E-state index in [1.165, 1.54) is 19.3 Å². The highest BCUT2D eigenvalue weighted by atomic mass is 15.2. The molecule has 1 saturated heterocycles. The van der Waals surface area contributed by atoms with Gasteiger partial charge in [0.15, 0.2) is 0 Å². The molecule has 1 atom stereocenters. The molecule has 3 rings (SSSR count). The Balaban J connectivity index is 1.67. The lowest BCUT2D eigenvalue weighted by Crippen LogP contribution is -2.50. The number of nitrogens with zero attached hydrogens (tertiary/aromatic N) is 3. The van der Waals surface area contributed by atoms with Gasteiger partial charge < -0.3 is 5.32 Å². The average molecular weight is 246 g/mol. The molecule has 1 aliphatic carbocycles. The second-order valence-electron chi connectivity index (χ2n) is 5.85. The summed E-state index contributed by atoms with van der Waals surface area (Å²) in [5.74, 6) is 1.81. The molecule has 2 aliphatic rings. The standard InChI is InChI=1S/C14H22N4/c1-14(12-4-5-12)11-18(9-3-8-17-14)10-13-15-6-2-7-16-13/h2,6-7,12,17H,3-5,8-11H2,1H3. The van der Waals surface area contributed by atoms with Crippen LogP contribution in [0.25, 0.3) is 0 Å². The van der Waals surface area contributed by atoms with Crippen LogP contribution in [0.3, 0.4) is 0 Å². The van der Waals surface area contributed by atoms with E-state index in [4.69, 9.17) is 0 Å². The van der Waals surface area contributed by atoms with Crippen molar-refractivity contribution in [2.24, 2.45) is 5.92 Å². The number of nitrogens with one attached hydrogen (secondary N) is 1. The molecule has 0 radical (unpaired) electrons. The van der Waals surface area contributed by atoms with Gasteiger partial charge in [0.05, 0.1) is 6.54 Å². The minimum Gasteiger partial charge on any atom is -0.310 e. The first-order valence-electron chi connectivity index (χ1n) is 6.99. The summed E-state index contributed by atoms with van der Waals surface area (Å²) >= 11 is 0. The third-order valence-corrected chi connectivity index (χ3v) is 4.19. The molecule has 98 valence electrons. The normalized spacial score (nSPS) is 30.1. The van der Waals surface area contributed by atoms with Crippen molar-refractivity contribution in [2.75, 3.05) is 19.6 Å². The van der Waals surface area contributed by atoms with E-state index in [9.17, 15) is 0 Å². The predicted molar refractivity (Wildman–Crippen MR) is 71.1 cm³/mol. The largest absolute Gasteiger partial charge is 0.310 e. The van der Waals surface area contributed by atoms with Gasteiger partial charge in [-0.15, -0.1) is 0 Å².